The minimum absolute atomic E-state index is 0.0440. The smallest absolute Gasteiger partial charge is 0.416 e. The summed E-state index contributed by atoms with van der Waals surface area (Å²) in [5.74, 6) is 0.384. The quantitative estimate of drug-likeness (QED) is 0.491. The number of fused-ring (bicyclic) bond motifs is 1. The Morgan fingerprint density at radius 1 is 1.10 bits per heavy atom. The van der Waals surface area contributed by atoms with Gasteiger partial charge in [-0.25, -0.2) is 14.6 Å². The molecule has 3 heterocycles. The van der Waals surface area contributed by atoms with Gasteiger partial charge < -0.3 is 14.4 Å². The molecule has 2 atom stereocenters. The number of amides is 2. The van der Waals surface area contributed by atoms with Crippen LogP contribution in [0.2, 0.25) is 0 Å². The van der Waals surface area contributed by atoms with Crippen LogP contribution in [0.5, 0.6) is 0 Å². The fraction of sp³-hybridized carbons (Fsp3) is 0.533. The van der Waals surface area contributed by atoms with E-state index in [1.165, 1.54) is 7.11 Å². The van der Waals surface area contributed by atoms with Crippen LogP contribution >= 0.6 is 0 Å². The zero-order valence-corrected chi connectivity index (χ0v) is 23.7. The number of anilines is 1. The van der Waals surface area contributed by atoms with Crippen molar-refractivity contribution in [1.82, 2.24) is 14.8 Å². The maximum absolute atomic E-state index is 13.1. The second-order valence-electron chi connectivity index (χ2n) is 11.3. The molecule has 210 valence electrons. The average Bonchev–Trinajstić information content (AvgIpc) is 3.41. The number of aryl methyl sites for hydroxylation is 2. The predicted octanol–water partition coefficient (Wildman–Crippen LogP) is 4.15. The maximum Gasteiger partial charge on any atom is 0.416 e. The van der Waals surface area contributed by atoms with E-state index in [-0.39, 0.29) is 17.9 Å². The van der Waals surface area contributed by atoms with Gasteiger partial charge in [0.15, 0.2) is 0 Å². The number of ether oxygens (including phenoxy) is 2. The minimum atomic E-state index is -0.585. The highest BCUT2D eigenvalue weighted by molar-refractivity contribution is 5.88. The zero-order valence-electron chi connectivity index (χ0n) is 23.7. The maximum atomic E-state index is 13.1. The Hall–Kier alpha value is -3.46. The molecule has 0 N–H and O–H groups in total. The molecular formula is C30H40N4O5. The molecule has 2 aliphatic heterocycles. The molecule has 2 amide bonds. The van der Waals surface area contributed by atoms with Crippen LogP contribution in [0.4, 0.5) is 10.6 Å². The van der Waals surface area contributed by atoms with Crippen LogP contribution in [0.1, 0.15) is 62.9 Å². The highest BCUT2D eigenvalue weighted by Crippen LogP contribution is 2.29. The fourth-order valence-corrected chi connectivity index (χ4v) is 5.30. The van der Waals surface area contributed by atoms with E-state index in [1.54, 1.807) is 4.90 Å². The molecule has 9 nitrogen and oxygen atoms in total. The number of esters is 1. The molecule has 0 aliphatic carbocycles. The van der Waals surface area contributed by atoms with Crippen LogP contribution in [-0.4, -0.2) is 78.2 Å². The Labute approximate surface area is 231 Å². The first-order chi connectivity index (χ1) is 18.6. The number of hydrogen-bond acceptors (Lipinski definition) is 7. The van der Waals surface area contributed by atoms with Gasteiger partial charge in [0.1, 0.15) is 17.5 Å². The van der Waals surface area contributed by atoms with Crippen molar-refractivity contribution in [2.45, 2.75) is 70.6 Å². The summed E-state index contributed by atoms with van der Waals surface area (Å²) in [6.07, 6.45) is 2.92. The summed E-state index contributed by atoms with van der Waals surface area (Å²) in [5.41, 5.74) is 2.08. The number of pyridine rings is 1. The standard InChI is InChI=1S/C30H40N4O5/c1-30(2,3)39-29(37)34-18-9-12-22-13-14-23(31-27(22)34)15-16-25(35)33-19-17-24(20-33)32(4)26(28(36)38-5)21-10-7-6-8-11-21/h6-8,10-11,13-14,24,26H,9,12,15-20H2,1-5H3/t24?,26-/m1/s1. The Kier molecular flexibility index (Phi) is 8.90. The number of nitrogens with zero attached hydrogens (tertiary/aromatic N) is 4. The van der Waals surface area contributed by atoms with Crippen molar-refractivity contribution < 1.29 is 23.9 Å². The van der Waals surface area contributed by atoms with E-state index >= 15 is 0 Å². The second-order valence-corrected chi connectivity index (χ2v) is 11.3. The molecule has 1 unspecified atom stereocenters. The number of carbonyl (C=O) groups excluding carboxylic acids is 3. The van der Waals surface area contributed by atoms with Crippen LogP contribution in [0.3, 0.4) is 0 Å². The average molecular weight is 537 g/mol. The molecule has 0 saturated carbocycles. The van der Waals surface area contributed by atoms with Gasteiger partial charge in [0.25, 0.3) is 0 Å². The van der Waals surface area contributed by atoms with E-state index < -0.39 is 17.7 Å². The molecule has 0 spiro atoms. The molecule has 1 fully saturated rings. The molecule has 9 heteroatoms. The van der Waals surface area contributed by atoms with Gasteiger partial charge in [-0.2, -0.15) is 0 Å². The van der Waals surface area contributed by atoms with Crippen molar-refractivity contribution in [2.75, 3.05) is 38.7 Å². The first kappa shape index (κ1) is 28.5. The van der Waals surface area contributed by atoms with Crippen LogP contribution in [0, 0.1) is 0 Å². The Bertz CT molecular complexity index is 1180. The monoisotopic (exact) mass is 536 g/mol. The third-order valence-electron chi connectivity index (χ3n) is 7.35. The van der Waals surface area contributed by atoms with Gasteiger partial charge in [0, 0.05) is 37.8 Å². The number of likely N-dealkylation sites (N-methyl/N-ethyl adjacent to an activating group) is 1. The van der Waals surface area contributed by atoms with Crippen molar-refractivity contribution >= 4 is 23.8 Å². The van der Waals surface area contributed by atoms with Crippen LogP contribution in [0.25, 0.3) is 0 Å². The van der Waals surface area contributed by atoms with E-state index in [2.05, 4.69) is 0 Å². The third kappa shape index (κ3) is 6.95. The molecule has 0 bridgehead atoms. The van der Waals surface area contributed by atoms with Crippen LogP contribution in [0.15, 0.2) is 42.5 Å². The molecule has 1 aromatic carbocycles. The lowest BCUT2D eigenvalue weighted by Crippen LogP contribution is -2.41. The lowest BCUT2D eigenvalue weighted by molar-refractivity contribution is -0.147. The van der Waals surface area contributed by atoms with Gasteiger partial charge >= 0.3 is 12.1 Å². The van der Waals surface area contributed by atoms with Gasteiger partial charge in [-0.15, -0.1) is 0 Å². The number of hydrogen-bond donors (Lipinski definition) is 0. The Balaban J connectivity index is 1.37. The first-order valence-electron chi connectivity index (χ1n) is 13.7. The third-order valence-corrected chi connectivity index (χ3v) is 7.35. The van der Waals surface area contributed by atoms with Gasteiger partial charge in [-0.1, -0.05) is 36.4 Å². The normalized spacial score (nSPS) is 18.1. The SMILES string of the molecule is COC(=O)[C@@H](c1ccccc1)N(C)C1CCN(C(=O)CCc2ccc3c(n2)N(C(=O)OC(C)(C)C)CCC3)C1. The summed E-state index contributed by atoms with van der Waals surface area (Å²) in [6, 6.07) is 13.1. The second kappa shape index (κ2) is 12.2. The van der Waals surface area contributed by atoms with E-state index in [0.29, 0.717) is 38.3 Å². The van der Waals surface area contributed by atoms with Crippen molar-refractivity contribution in [2.24, 2.45) is 0 Å². The van der Waals surface area contributed by atoms with Crippen molar-refractivity contribution in [3.8, 4) is 0 Å². The van der Waals surface area contributed by atoms with Crippen molar-refractivity contribution in [3.05, 3.63) is 59.3 Å². The number of carbonyl (C=O) groups is 3. The summed E-state index contributed by atoms with van der Waals surface area (Å²) in [5, 5.41) is 0. The summed E-state index contributed by atoms with van der Waals surface area (Å²) in [6.45, 7) is 7.31. The largest absolute Gasteiger partial charge is 0.468 e. The Morgan fingerprint density at radius 3 is 2.54 bits per heavy atom. The topological polar surface area (TPSA) is 92.3 Å². The number of aromatic nitrogens is 1. The molecule has 1 saturated heterocycles. The van der Waals surface area contributed by atoms with E-state index in [4.69, 9.17) is 14.5 Å². The molecular weight excluding hydrogens is 496 g/mol. The summed E-state index contributed by atoms with van der Waals surface area (Å²) in [4.78, 5) is 48.8. The molecule has 1 aromatic heterocycles. The lowest BCUT2D eigenvalue weighted by Gasteiger charge is -2.31. The lowest BCUT2D eigenvalue weighted by atomic mass is 10.0. The van der Waals surface area contributed by atoms with Gasteiger partial charge in [-0.05, 0) is 70.7 Å². The highest BCUT2D eigenvalue weighted by atomic mass is 16.6. The minimum Gasteiger partial charge on any atom is -0.468 e. The molecule has 4 rings (SSSR count). The summed E-state index contributed by atoms with van der Waals surface area (Å²) >= 11 is 0. The van der Waals surface area contributed by atoms with E-state index in [9.17, 15) is 14.4 Å². The number of methoxy groups -OCH3 is 1. The van der Waals surface area contributed by atoms with Crippen molar-refractivity contribution in [1.29, 1.82) is 0 Å². The van der Waals surface area contributed by atoms with Gasteiger partial charge in [0.05, 0.1) is 7.11 Å². The summed E-state index contributed by atoms with van der Waals surface area (Å²) in [7, 11) is 3.32. The molecule has 2 aromatic rings. The van der Waals surface area contributed by atoms with Crippen molar-refractivity contribution in [3.63, 3.8) is 0 Å². The molecule has 0 radical (unpaired) electrons. The van der Waals surface area contributed by atoms with Gasteiger partial charge in [0.2, 0.25) is 5.91 Å². The number of rotatable bonds is 7. The van der Waals surface area contributed by atoms with Gasteiger partial charge in [-0.3, -0.25) is 14.6 Å². The van der Waals surface area contributed by atoms with Crippen LogP contribution < -0.4 is 4.90 Å². The number of benzene rings is 1. The highest BCUT2D eigenvalue weighted by Gasteiger charge is 2.36. The van der Waals surface area contributed by atoms with E-state index in [0.717, 1.165) is 36.1 Å². The fourth-order valence-electron chi connectivity index (χ4n) is 5.30. The van der Waals surface area contributed by atoms with E-state index in [1.807, 2.05) is 80.1 Å². The first-order valence-corrected chi connectivity index (χ1v) is 13.7. The summed E-state index contributed by atoms with van der Waals surface area (Å²) < 4.78 is 10.7. The van der Waals surface area contributed by atoms with Crippen LogP contribution in [-0.2, 0) is 31.9 Å². The predicted molar refractivity (Wildman–Crippen MR) is 148 cm³/mol. The molecule has 2 aliphatic rings. The Morgan fingerprint density at radius 2 is 1.85 bits per heavy atom. The molecule has 39 heavy (non-hydrogen) atoms. The number of likely N-dealkylation sites (tertiary alicyclic amines) is 1. The zero-order chi connectivity index (χ0) is 28.2.